The van der Waals surface area contributed by atoms with E-state index >= 15 is 0 Å². The normalized spacial score (nSPS) is 15.6. The summed E-state index contributed by atoms with van der Waals surface area (Å²) in [4.78, 5) is 33.0. The van der Waals surface area contributed by atoms with E-state index in [-0.39, 0.29) is 36.6 Å². The van der Waals surface area contributed by atoms with Gasteiger partial charge in [0, 0.05) is 43.4 Å². The molecule has 152 valence electrons. The summed E-state index contributed by atoms with van der Waals surface area (Å²) in [5.74, 6) is -0.168. The van der Waals surface area contributed by atoms with E-state index in [2.05, 4.69) is 15.6 Å². The summed E-state index contributed by atoms with van der Waals surface area (Å²) in [5, 5.41) is 6.95. The van der Waals surface area contributed by atoms with E-state index < -0.39 is 0 Å². The fourth-order valence-corrected chi connectivity index (χ4v) is 4.86. The number of piperazine rings is 1. The first-order chi connectivity index (χ1) is 12.7. The van der Waals surface area contributed by atoms with E-state index in [1.807, 2.05) is 4.90 Å². The highest BCUT2D eigenvalue weighted by molar-refractivity contribution is 7.17. The van der Waals surface area contributed by atoms with Gasteiger partial charge in [0.05, 0.1) is 11.1 Å². The van der Waals surface area contributed by atoms with Gasteiger partial charge in [-0.25, -0.2) is 0 Å². The number of carbonyl (C=O) groups is 2. The van der Waals surface area contributed by atoms with Gasteiger partial charge in [-0.1, -0.05) is 0 Å². The highest BCUT2D eigenvalue weighted by atomic mass is 35.5. The van der Waals surface area contributed by atoms with Crippen LogP contribution in [-0.4, -0.2) is 47.9 Å². The highest BCUT2D eigenvalue weighted by Crippen LogP contribution is 2.39. The standard InChI is InChI=1S/C19H22N4O2S.2ClH/c24-17(13-4-3-7-21-12-13)22-18-16(14-5-1-2-6-15(14)26-18)19(25)23-10-8-20-9-11-23;;/h3-4,7,12,20H,1-2,5-6,8-11H2,(H,22,24);2*1H. The molecule has 1 aliphatic heterocycles. The summed E-state index contributed by atoms with van der Waals surface area (Å²) >= 11 is 1.56. The molecule has 2 aliphatic rings. The summed E-state index contributed by atoms with van der Waals surface area (Å²) < 4.78 is 0. The van der Waals surface area contributed by atoms with Gasteiger partial charge in [0.1, 0.15) is 5.00 Å². The van der Waals surface area contributed by atoms with Crippen molar-refractivity contribution in [3.63, 3.8) is 0 Å². The van der Waals surface area contributed by atoms with E-state index in [9.17, 15) is 9.59 Å². The van der Waals surface area contributed by atoms with Crippen LogP contribution in [0.3, 0.4) is 0 Å². The summed E-state index contributed by atoms with van der Waals surface area (Å²) in [7, 11) is 0. The van der Waals surface area contributed by atoms with Crippen molar-refractivity contribution in [1.82, 2.24) is 15.2 Å². The fourth-order valence-electron chi connectivity index (χ4n) is 3.58. The van der Waals surface area contributed by atoms with Gasteiger partial charge in [-0.2, -0.15) is 0 Å². The smallest absolute Gasteiger partial charge is 0.257 e. The van der Waals surface area contributed by atoms with Crippen molar-refractivity contribution >= 4 is 53.0 Å². The first-order valence-corrected chi connectivity index (χ1v) is 9.91. The van der Waals surface area contributed by atoms with Gasteiger partial charge in [-0.3, -0.25) is 14.6 Å². The lowest BCUT2D eigenvalue weighted by Crippen LogP contribution is -2.46. The molecule has 28 heavy (non-hydrogen) atoms. The molecule has 2 amide bonds. The second-order valence-corrected chi connectivity index (χ2v) is 7.76. The second kappa shape index (κ2) is 10.2. The minimum atomic E-state index is -0.217. The van der Waals surface area contributed by atoms with Crippen molar-refractivity contribution in [2.45, 2.75) is 25.7 Å². The molecule has 4 rings (SSSR count). The van der Waals surface area contributed by atoms with Gasteiger partial charge in [0.25, 0.3) is 11.8 Å². The lowest BCUT2D eigenvalue weighted by molar-refractivity contribution is 0.0736. The minimum Gasteiger partial charge on any atom is -0.336 e. The first kappa shape index (κ1) is 22.6. The SMILES string of the molecule is Cl.Cl.O=C(Nc1sc2c(c1C(=O)N1CCNCC1)CCCC2)c1cccnc1. The first-order valence-electron chi connectivity index (χ1n) is 9.10. The van der Waals surface area contributed by atoms with Crippen LogP contribution in [0.25, 0.3) is 0 Å². The number of hydrogen-bond donors (Lipinski definition) is 2. The Bertz CT molecular complexity index is 823. The van der Waals surface area contributed by atoms with E-state index in [1.54, 1.807) is 35.9 Å². The third-order valence-corrected chi connectivity index (χ3v) is 6.15. The number of hydrogen-bond acceptors (Lipinski definition) is 5. The van der Waals surface area contributed by atoms with Crippen LogP contribution >= 0.6 is 36.2 Å². The van der Waals surface area contributed by atoms with Crippen LogP contribution in [0.4, 0.5) is 5.00 Å². The molecule has 1 saturated heterocycles. The Balaban J connectivity index is 0.00000140. The van der Waals surface area contributed by atoms with Gasteiger partial charge in [-0.05, 0) is 43.4 Å². The molecule has 3 heterocycles. The number of carbonyl (C=O) groups excluding carboxylic acids is 2. The number of amides is 2. The summed E-state index contributed by atoms with van der Waals surface area (Å²) in [6, 6.07) is 3.47. The Kier molecular flexibility index (Phi) is 8.24. The van der Waals surface area contributed by atoms with Crippen molar-refractivity contribution in [2.24, 2.45) is 0 Å². The summed E-state index contributed by atoms with van der Waals surface area (Å²) in [6.45, 7) is 3.05. The van der Waals surface area contributed by atoms with E-state index in [0.29, 0.717) is 29.2 Å². The molecule has 0 bridgehead atoms. The zero-order valence-corrected chi connectivity index (χ0v) is 17.9. The van der Waals surface area contributed by atoms with Crippen molar-refractivity contribution < 1.29 is 9.59 Å². The molecule has 9 heteroatoms. The highest BCUT2D eigenvalue weighted by Gasteiger charge is 2.29. The molecule has 1 aliphatic carbocycles. The van der Waals surface area contributed by atoms with Crippen LogP contribution in [0, 0.1) is 0 Å². The number of halogens is 2. The average Bonchev–Trinajstić information content (AvgIpc) is 3.06. The van der Waals surface area contributed by atoms with Crippen LogP contribution in [-0.2, 0) is 12.8 Å². The Labute approximate surface area is 180 Å². The van der Waals surface area contributed by atoms with Gasteiger partial charge >= 0.3 is 0 Å². The van der Waals surface area contributed by atoms with Crippen LogP contribution in [0.2, 0.25) is 0 Å². The van der Waals surface area contributed by atoms with E-state index in [4.69, 9.17) is 0 Å². The maximum atomic E-state index is 13.2. The monoisotopic (exact) mass is 442 g/mol. The quantitative estimate of drug-likeness (QED) is 0.765. The lowest BCUT2D eigenvalue weighted by Gasteiger charge is -2.28. The lowest BCUT2D eigenvalue weighted by atomic mass is 9.95. The van der Waals surface area contributed by atoms with Crippen molar-refractivity contribution in [2.75, 3.05) is 31.5 Å². The maximum Gasteiger partial charge on any atom is 0.257 e. The number of anilines is 1. The molecule has 0 spiro atoms. The Morgan fingerprint density at radius 1 is 1.14 bits per heavy atom. The maximum absolute atomic E-state index is 13.2. The number of nitrogens with zero attached hydrogens (tertiary/aromatic N) is 2. The van der Waals surface area contributed by atoms with Crippen LogP contribution in [0.15, 0.2) is 24.5 Å². The predicted octanol–water partition coefficient (Wildman–Crippen LogP) is 3.16. The molecule has 0 aromatic carbocycles. The largest absolute Gasteiger partial charge is 0.336 e. The number of nitrogens with one attached hydrogen (secondary N) is 2. The molecule has 2 N–H and O–H groups in total. The fraction of sp³-hybridized carbons (Fsp3) is 0.421. The molecule has 2 aromatic rings. The van der Waals surface area contributed by atoms with Gasteiger partial charge < -0.3 is 15.5 Å². The zero-order chi connectivity index (χ0) is 17.9. The molecule has 0 unspecified atom stereocenters. The van der Waals surface area contributed by atoms with Crippen LogP contribution in [0.1, 0.15) is 44.0 Å². The number of pyridine rings is 1. The van der Waals surface area contributed by atoms with E-state index in [0.717, 1.165) is 44.3 Å². The van der Waals surface area contributed by atoms with E-state index in [1.165, 1.54) is 4.88 Å². The summed E-state index contributed by atoms with van der Waals surface area (Å²) in [6.07, 6.45) is 7.33. The number of fused-ring (bicyclic) bond motifs is 1. The molecular weight excluding hydrogens is 419 g/mol. The van der Waals surface area contributed by atoms with Gasteiger partial charge in [-0.15, -0.1) is 36.2 Å². The topological polar surface area (TPSA) is 74.3 Å². The van der Waals surface area contributed by atoms with Crippen LogP contribution in [0.5, 0.6) is 0 Å². The molecule has 6 nitrogen and oxygen atoms in total. The number of aryl methyl sites for hydroxylation is 1. The number of thiophene rings is 1. The molecule has 0 saturated carbocycles. The van der Waals surface area contributed by atoms with Gasteiger partial charge in [0.15, 0.2) is 0 Å². The third-order valence-electron chi connectivity index (χ3n) is 4.94. The Morgan fingerprint density at radius 3 is 2.61 bits per heavy atom. The van der Waals surface area contributed by atoms with Crippen LogP contribution < -0.4 is 10.6 Å². The van der Waals surface area contributed by atoms with Crippen molar-refractivity contribution in [3.8, 4) is 0 Å². The molecular formula is C19H24Cl2N4O2S. The molecule has 2 aromatic heterocycles. The average molecular weight is 443 g/mol. The minimum absolute atomic E-state index is 0. The second-order valence-electron chi connectivity index (χ2n) is 6.65. The van der Waals surface area contributed by atoms with Crippen molar-refractivity contribution in [3.05, 3.63) is 46.1 Å². The van der Waals surface area contributed by atoms with Gasteiger partial charge in [0.2, 0.25) is 0 Å². The number of rotatable bonds is 3. The Hall–Kier alpha value is -1.67. The summed E-state index contributed by atoms with van der Waals surface area (Å²) in [5.41, 5.74) is 2.36. The molecule has 1 fully saturated rings. The Morgan fingerprint density at radius 2 is 1.89 bits per heavy atom. The van der Waals surface area contributed by atoms with Crippen molar-refractivity contribution in [1.29, 1.82) is 0 Å². The molecule has 0 atom stereocenters. The number of aromatic nitrogens is 1. The zero-order valence-electron chi connectivity index (χ0n) is 15.4. The predicted molar refractivity (Wildman–Crippen MR) is 116 cm³/mol. The molecule has 0 radical (unpaired) electrons. The third kappa shape index (κ3) is 4.66.